The lowest BCUT2D eigenvalue weighted by atomic mass is 9.89. The molecule has 2 aromatic rings. The first-order valence-corrected chi connectivity index (χ1v) is 9.16. The van der Waals surface area contributed by atoms with Crippen molar-refractivity contribution in [1.29, 1.82) is 0 Å². The zero-order chi connectivity index (χ0) is 14.2. The van der Waals surface area contributed by atoms with Gasteiger partial charge < -0.3 is 10.3 Å². The van der Waals surface area contributed by atoms with Gasteiger partial charge in [0.1, 0.15) is 0 Å². The molecule has 21 heavy (non-hydrogen) atoms. The molecule has 2 N–H and O–H groups in total. The molecular weight excluding hydrogens is 324 g/mol. The summed E-state index contributed by atoms with van der Waals surface area (Å²) < 4.78 is 1.16. The minimum atomic E-state index is 0.531. The van der Waals surface area contributed by atoms with E-state index in [-0.39, 0.29) is 0 Å². The number of hydrogen-bond donors (Lipinski definition) is 2. The minimum absolute atomic E-state index is 0.531. The van der Waals surface area contributed by atoms with Crippen LogP contribution in [0, 0.1) is 0 Å². The van der Waals surface area contributed by atoms with Crippen LogP contribution in [-0.2, 0) is 6.42 Å². The third-order valence-corrected chi connectivity index (χ3v) is 5.70. The molecule has 1 heterocycles. The van der Waals surface area contributed by atoms with Crippen molar-refractivity contribution in [2.45, 2.75) is 63.5 Å². The molecular formula is C18H23BrN2. The van der Waals surface area contributed by atoms with Gasteiger partial charge in [-0.2, -0.15) is 0 Å². The number of H-pyrrole nitrogens is 1. The maximum Gasteiger partial charge on any atom is 0.0478 e. The summed E-state index contributed by atoms with van der Waals surface area (Å²) in [5, 5.41) is 5.37. The fourth-order valence-electron chi connectivity index (χ4n) is 4.16. The van der Waals surface area contributed by atoms with Crippen molar-refractivity contribution in [3.05, 3.63) is 33.9 Å². The monoisotopic (exact) mass is 346 g/mol. The number of aryl methyl sites for hydroxylation is 1. The highest BCUT2D eigenvalue weighted by atomic mass is 79.9. The molecule has 112 valence electrons. The molecule has 1 atom stereocenters. The van der Waals surface area contributed by atoms with Crippen molar-refractivity contribution < 1.29 is 0 Å². The molecule has 3 heteroatoms. The summed E-state index contributed by atoms with van der Waals surface area (Å²) in [6, 6.07) is 7.90. The van der Waals surface area contributed by atoms with Crippen LogP contribution in [0.1, 0.15) is 62.2 Å². The third-order valence-electron chi connectivity index (χ3n) is 5.21. The van der Waals surface area contributed by atoms with Crippen molar-refractivity contribution in [3.63, 3.8) is 0 Å². The molecule has 2 aliphatic rings. The molecule has 2 nitrogen and oxygen atoms in total. The van der Waals surface area contributed by atoms with Gasteiger partial charge in [0.05, 0.1) is 0 Å². The summed E-state index contributed by atoms with van der Waals surface area (Å²) in [4.78, 5) is 3.70. The van der Waals surface area contributed by atoms with Crippen LogP contribution >= 0.6 is 15.9 Å². The van der Waals surface area contributed by atoms with Gasteiger partial charge in [-0.25, -0.2) is 0 Å². The summed E-state index contributed by atoms with van der Waals surface area (Å²) in [7, 11) is 0. The summed E-state index contributed by atoms with van der Waals surface area (Å²) >= 11 is 3.58. The molecule has 0 bridgehead atoms. The van der Waals surface area contributed by atoms with Gasteiger partial charge in [-0.15, -0.1) is 0 Å². The number of fused-ring (bicyclic) bond motifs is 3. The Morgan fingerprint density at radius 2 is 1.90 bits per heavy atom. The molecule has 1 aromatic carbocycles. The van der Waals surface area contributed by atoms with Crippen molar-refractivity contribution in [1.82, 2.24) is 10.3 Å². The average Bonchev–Trinajstić information content (AvgIpc) is 2.87. The van der Waals surface area contributed by atoms with Gasteiger partial charge in [0.15, 0.2) is 0 Å². The van der Waals surface area contributed by atoms with E-state index in [4.69, 9.17) is 0 Å². The largest absolute Gasteiger partial charge is 0.357 e. The van der Waals surface area contributed by atoms with Crippen LogP contribution in [0.4, 0.5) is 0 Å². The van der Waals surface area contributed by atoms with Crippen molar-refractivity contribution in [2.24, 2.45) is 0 Å². The highest BCUT2D eigenvalue weighted by Crippen LogP contribution is 2.36. The Balaban J connectivity index is 1.65. The van der Waals surface area contributed by atoms with Crippen LogP contribution in [0.3, 0.4) is 0 Å². The zero-order valence-corrected chi connectivity index (χ0v) is 14.0. The molecule has 0 radical (unpaired) electrons. The molecule has 1 unspecified atom stereocenters. The van der Waals surface area contributed by atoms with Crippen LogP contribution in [0.25, 0.3) is 10.9 Å². The first-order valence-electron chi connectivity index (χ1n) is 8.37. The number of nitrogens with one attached hydrogen (secondary N) is 2. The highest BCUT2D eigenvalue weighted by molar-refractivity contribution is 9.10. The first kappa shape index (κ1) is 13.8. The number of hydrogen-bond acceptors (Lipinski definition) is 1. The smallest absolute Gasteiger partial charge is 0.0478 e. The SMILES string of the molecule is Brc1ccc2c3c([nH]c2c1)C(NC1CCCCC1)CCC3. The second kappa shape index (κ2) is 5.77. The van der Waals surface area contributed by atoms with Crippen LogP contribution < -0.4 is 5.32 Å². The molecule has 1 fully saturated rings. The van der Waals surface area contributed by atoms with Crippen molar-refractivity contribution in [2.75, 3.05) is 0 Å². The van der Waals surface area contributed by atoms with Gasteiger partial charge >= 0.3 is 0 Å². The first-order chi connectivity index (χ1) is 10.3. The Morgan fingerprint density at radius 3 is 2.76 bits per heavy atom. The second-order valence-electron chi connectivity index (χ2n) is 6.65. The Bertz CT molecular complexity index is 640. The fourth-order valence-corrected chi connectivity index (χ4v) is 4.52. The molecule has 0 saturated heterocycles. The minimum Gasteiger partial charge on any atom is -0.357 e. The summed E-state index contributed by atoms with van der Waals surface area (Å²) in [5.41, 5.74) is 4.30. The summed E-state index contributed by atoms with van der Waals surface area (Å²) in [6.07, 6.45) is 10.7. The highest BCUT2D eigenvalue weighted by Gasteiger charge is 2.26. The topological polar surface area (TPSA) is 27.8 Å². The molecule has 1 aromatic heterocycles. The van der Waals surface area contributed by atoms with E-state index in [0.29, 0.717) is 6.04 Å². The Kier molecular flexibility index (Phi) is 3.80. The summed E-state index contributed by atoms with van der Waals surface area (Å²) in [6.45, 7) is 0. The Hall–Kier alpha value is -0.800. The zero-order valence-electron chi connectivity index (χ0n) is 12.4. The van der Waals surface area contributed by atoms with Gasteiger partial charge in [0.25, 0.3) is 0 Å². The van der Waals surface area contributed by atoms with E-state index >= 15 is 0 Å². The number of aromatic amines is 1. The van der Waals surface area contributed by atoms with E-state index in [1.54, 1.807) is 5.56 Å². The maximum atomic E-state index is 3.95. The lowest BCUT2D eigenvalue weighted by molar-refractivity contribution is 0.318. The molecule has 1 saturated carbocycles. The number of halogens is 1. The quantitative estimate of drug-likeness (QED) is 0.765. The normalized spacial score (nSPS) is 23.4. The average molecular weight is 347 g/mol. The van der Waals surface area contributed by atoms with E-state index in [9.17, 15) is 0 Å². The van der Waals surface area contributed by atoms with Crippen LogP contribution in [0.5, 0.6) is 0 Å². The maximum absolute atomic E-state index is 3.95. The predicted octanol–water partition coefficient (Wildman–Crippen LogP) is 5.23. The van der Waals surface area contributed by atoms with Crippen molar-refractivity contribution >= 4 is 26.8 Å². The third kappa shape index (κ3) is 2.66. The predicted molar refractivity (Wildman–Crippen MR) is 91.7 cm³/mol. The lowest BCUT2D eigenvalue weighted by Crippen LogP contribution is -2.36. The van der Waals surface area contributed by atoms with Gasteiger partial charge in [-0.1, -0.05) is 41.3 Å². The van der Waals surface area contributed by atoms with Crippen LogP contribution in [-0.4, -0.2) is 11.0 Å². The molecule has 2 aliphatic carbocycles. The van der Waals surface area contributed by atoms with Crippen LogP contribution in [0.15, 0.2) is 22.7 Å². The van der Waals surface area contributed by atoms with E-state index < -0.39 is 0 Å². The fraction of sp³-hybridized carbons (Fsp3) is 0.556. The van der Waals surface area contributed by atoms with Crippen molar-refractivity contribution in [3.8, 4) is 0 Å². The second-order valence-corrected chi connectivity index (χ2v) is 7.57. The van der Waals surface area contributed by atoms with E-state index in [1.807, 2.05) is 0 Å². The number of rotatable bonds is 2. The number of aromatic nitrogens is 1. The van der Waals surface area contributed by atoms with Gasteiger partial charge in [-0.3, -0.25) is 0 Å². The van der Waals surface area contributed by atoms with E-state index in [0.717, 1.165) is 10.5 Å². The number of benzene rings is 1. The standard InChI is InChI=1S/C18H23BrN2/c19-12-9-10-14-15-7-4-8-16(18(15)21-17(14)11-12)20-13-5-2-1-3-6-13/h9-11,13,16,20-21H,1-8H2. The van der Waals surface area contributed by atoms with E-state index in [2.05, 4.69) is 44.4 Å². The molecule has 0 amide bonds. The van der Waals surface area contributed by atoms with Gasteiger partial charge in [0, 0.05) is 33.2 Å². The van der Waals surface area contributed by atoms with E-state index in [1.165, 1.54) is 68.0 Å². The molecule has 4 rings (SSSR count). The molecule has 0 spiro atoms. The molecule has 0 aliphatic heterocycles. The lowest BCUT2D eigenvalue weighted by Gasteiger charge is -2.31. The Labute approximate surface area is 134 Å². The Morgan fingerprint density at radius 1 is 1.05 bits per heavy atom. The van der Waals surface area contributed by atoms with Gasteiger partial charge in [-0.05, 0) is 49.8 Å². The van der Waals surface area contributed by atoms with Gasteiger partial charge in [0.2, 0.25) is 0 Å². The van der Waals surface area contributed by atoms with Crippen LogP contribution in [0.2, 0.25) is 0 Å². The summed E-state index contributed by atoms with van der Waals surface area (Å²) in [5.74, 6) is 0.